The first-order valence-electron chi connectivity index (χ1n) is 17.4. The summed E-state index contributed by atoms with van der Waals surface area (Å²) in [4.78, 5) is 35.2. The number of hydrogen-bond acceptors (Lipinski definition) is 8. The number of piperidine rings is 2. The van der Waals surface area contributed by atoms with Crippen LogP contribution >= 0.6 is 0 Å². The highest BCUT2D eigenvalue weighted by Gasteiger charge is 2.37. The number of ether oxygens (including phenoxy) is 1. The summed E-state index contributed by atoms with van der Waals surface area (Å²) in [5, 5.41) is 3.15. The molecule has 1 spiro atoms. The van der Waals surface area contributed by atoms with Crippen molar-refractivity contribution in [2.24, 2.45) is 5.41 Å². The number of hydrogen-bond donors (Lipinski definition) is 1. The van der Waals surface area contributed by atoms with Crippen molar-refractivity contribution in [2.75, 3.05) is 70.2 Å². The minimum atomic E-state index is -0.205. The number of benzene rings is 1. The highest BCUT2D eigenvalue weighted by Crippen LogP contribution is 2.42. The number of pyridine rings is 2. The Kier molecular flexibility index (Phi) is 9.14. The summed E-state index contributed by atoms with van der Waals surface area (Å²) in [5.74, 6) is 1.12. The number of nitrogens with zero attached hydrogens (tertiary/aromatic N) is 7. The zero-order valence-electron chi connectivity index (χ0n) is 28.2. The molecule has 0 atom stereocenters. The molecule has 10 heteroatoms. The van der Waals surface area contributed by atoms with Crippen molar-refractivity contribution >= 4 is 28.6 Å². The van der Waals surface area contributed by atoms with Crippen LogP contribution in [0.15, 0.2) is 48.8 Å². The molecule has 0 unspecified atom stereocenters. The van der Waals surface area contributed by atoms with Crippen LogP contribution in [-0.2, 0) is 6.54 Å². The molecule has 2 fully saturated rings. The van der Waals surface area contributed by atoms with Gasteiger partial charge in [-0.2, -0.15) is 0 Å². The number of imidazole rings is 1. The molecule has 47 heavy (non-hydrogen) atoms. The molecule has 3 aromatic heterocycles. The van der Waals surface area contributed by atoms with Crippen LogP contribution in [0.4, 0.5) is 11.6 Å². The summed E-state index contributed by atoms with van der Waals surface area (Å²) >= 11 is 0. The van der Waals surface area contributed by atoms with Gasteiger partial charge < -0.3 is 24.0 Å². The van der Waals surface area contributed by atoms with Gasteiger partial charge in [-0.1, -0.05) is 0 Å². The lowest BCUT2D eigenvalue weighted by Crippen LogP contribution is -2.47. The minimum absolute atomic E-state index is 0.205. The van der Waals surface area contributed by atoms with E-state index in [2.05, 4.69) is 61.9 Å². The van der Waals surface area contributed by atoms with Crippen molar-refractivity contribution < 1.29 is 9.53 Å². The van der Waals surface area contributed by atoms with Crippen LogP contribution in [0.3, 0.4) is 0 Å². The van der Waals surface area contributed by atoms with E-state index in [4.69, 9.17) is 14.7 Å². The van der Waals surface area contributed by atoms with Gasteiger partial charge in [0, 0.05) is 62.1 Å². The number of anilines is 2. The smallest absolute Gasteiger partial charge is 0.258 e. The summed E-state index contributed by atoms with van der Waals surface area (Å²) in [5.41, 5.74) is 6.44. The number of rotatable bonds is 4. The number of amides is 1. The number of aromatic nitrogens is 4. The van der Waals surface area contributed by atoms with Crippen LogP contribution in [0.25, 0.3) is 22.3 Å². The second-order valence-electron chi connectivity index (χ2n) is 14.0. The Labute approximate surface area is 278 Å². The molecule has 1 N–H and O–H groups in total. The third-order valence-electron chi connectivity index (χ3n) is 10.5. The summed E-state index contributed by atoms with van der Waals surface area (Å²) in [6, 6.07) is 12.1. The average molecular weight is 637 g/mol. The first kappa shape index (κ1) is 31.6. The molecule has 10 nitrogen and oxygen atoms in total. The summed E-state index contributed by atoms with van der Waals surface area (Å²) in [6.45, 7) is 10.2. The molecular formula is C37H48N8O2. The van der Waals surface area contributed by atoms with Crippen molar-refractivity contribution in [2.45, 2.75) is 58.4 Å². The number of fused-ring (bicyclic) bond motifs is 7. The van der Waals surface area contributed by atoms with Gasteiger partial charge in [-0.3, -0.25) is 20.1 Å². The van der Waals surface area contributed by atoms with Crippen molar-refractivity contribution in [3.05, 3.63) is 60.0 Å². The van der Waals surface area contributed by atoms with Gasteiger partial charge >= 0.3 is 0 Å². The van der Waals surface area contributed by atoms with Gasteiger partial charge in [-0.05, 0) is 121 Å². The van der Waals surface area contributed by atoms with E-state index >= 15 is 0 Å². The maximum absolute atomic E-state index is 13.7. The van der Waals surface area contributed by atoms with Crippen LogP contribution < -0.4 is 15.0 Å². The lowest BCUT2D eigenvalue weighted by molar-refractivity contribution is 0.0762. The zero-order chi connectivity index (χ0) is 32.4. The van der Waals surface area contributed by atoms with Gasteiger partial charge in [-0.25, -0.2) is 4.98 Å². The van der Waals surface area contributed by atoms with E-state index in [1.165, 1.54) is 51.0 Å². The Balaban J connectivity index is 1.11. The molecule has 4 aromatic rings. The van der Waals surface area contributed by atoms with E-state index in [1.54, 1.807) is 12.4 Å². The van der Waals surface area contributed by atoms with E-state index < -0.39 is 0 Å². The second-order valence-corrected chi connectivity index (χ2v) is 14.0. The van der Waals surface area contributed by atoms with Gasteiger partial charge in [0.25, 0.3) is 5.91 Å². The number of likely N-dealkylation sites (N-methyl/N-ethyl adjacent to an activating group) is 1. The van der Waals surface area contributed by atoms with E-state index in [0.717, 1.165) is 73.5 Å². The van der Waals surface area contributed by atoms with E-state index in [1.807, 2.05) is 25.1 Å². The highest BCUT2D eigenvalue weighted by molar-refractivity contribution is 6.05. The number of carbonyl (C=O) groups is 1. The molecule has 3 aliphatic rings. The molecule has 7 rings (SSSR count). The van der Waals surface area contributed by atoms with Gasteiger partial charge in [0.1, 0.15) is 5.75 Å². The second kappa shape index (κ2) is 13.6. The molecule has 2 bridgehead atoms. The Morgan fingerprint density at radius 1 is 0.936 bits per heavy atom. The molecule has 0 radical (unpaired) electrons. The lowest BCUT2D eigenvalue weighted by Gasteiger charge is -2.47. The van der Waals surface area contributed by atoms with E-state index in [9.17, 15) is 4.79 Å². The number of nitrogens with one attached hydrogen (secondary N) is 1. The third kappa shape index (κ3) is 6.99. The van der Waals surface area contributed by atoms with Gasteiger partial charge in [-0.15, -0.1) is 0 Å². The maximum atomic E-state index is 13.7. The Bertz CT molecular complexity index is 1710. The van der Waals surface area contributed by atoms with Crippen molar-refractivity contribution in [1.29, 1.82) is 0 Å². The first-order valence-corrected chi connectivity index (χ1v) is 17.4. The van der Waals surface area contributed by atoms with Gasteiger partial charge in [0.05, 0.1) is 28.9 Å². The first-order chi connectivity index (χ1) is 22.9. The molecule has 248 valence electrons. The Morgan fingerprint density at radius 2 is 1.74 bits per heavy atom. The van der Waals surface area contributed by atoms with Crippen LogP contribution in [0.5, 0.6) is 5.75 Å². The Hall–Kier alpha value is -4.02. The zero-order valence-corrected chi connectivity index (χ0v) is 28.2. The highest BCUT2D eigenvalue weighted by atomic mass is 16.5. The van der Waals surface area contributed by atoms with Crippen LogP contribution in [0, 0.1) is 12.3 Å². The van der Waals surface area contributed by atoms with Crippen LogP contribution in [-0.4, -0.2) is 95.2 Å². The van der Waals surface area contributed by atoms with E-state index in [-0.39, 0.29) is 5.91 Å². The van der Waals surface area contributed by atoms with Crippen molar-refractivity contribution in [1.82, 2.24) is 29.3 Å². The van der Waals surface area contributed by atoms with Crippen LogP contribution in [0.1, 0.15) is 61.0 Å². The predicted octanol–water partition coefficient (Wildman–Crippen LogP) is 5.86. The quantitative estimate of drug-likeness (QED) is 0.298. The summed E-state index contributed by atoms with van der Waals surface area (Å²) in [7, 11) is 4.32. The Morgan fingerprint density at radius 3 is 2.55 bits per heavy atom. The topological polar surface area (TPSA) is 91.7 Å². The number of carbonyl (C=O) groups excluding carboxylic acids is 1. The fourth-order valence-electron chi connectivity index (χ4n) is 7.50. The molecule has 0 aliphatic carbocycles. The number of aryl methyl sites for hydroxylation is 2. The molecule has 6 heterocycles. The molecule has 1 aromatic carbocycles. The van der Waals surface area contributed by atoms with Crippen molar-refractivity contribution in [3.63, 3.8) is 0 Å². The lowest BCUT2D eigenvalue weighted by atomic mass is 9.71. The molecule has 2 saturated heterocycles. The normalized spacial score (nSPS) is 19.1. The summed E-state index contributed by atoms with van der Waals surface area (Å²) in [6.07, 6.45) is 11.5. The largest absolute Gasteiger partial charge is 0.493 e. The van der Waals surface area contributed by atoms with Crippen LogP contribution in [0.2, 0.25) is 0 Å². The monoisotopic (exact) mass is 636 g/mol. The fourth-order valence-corrected chi connectivity index (χ4v) is 7.50. The standard InChI is InChI=1S/C37H48N8O2/c1-27-23-28-24-32(39-27)30-26-38-14-9-34(30)47-22-6-4-5-15-45-33-25-29(7-8-31(33)40-36(45)41-35(28)46)44-18-12-37(13-19-44)10-16-43(17-11-37)21-20-42(2)3/h7-9,14,23-26H,4-6,10-13,15-22H2,1-3H3,(H,40,41,46). The van der Waals surface area contributed by atoms with E-state index in [0.29, 0.717) is 29.2 Å². The molecule has 1 amide bonds. The average Bonchev–Trinajstić information content (AvgIpc) is 3.41. The SMILES string of the molecule is Cc1cc2cc(n1)-c1cnccc1OCCCCCn1c(nc3ccc(N4CCC5(CCN(CCN(C)C)CC5)CC4)cc31)NC2=O. The number of likely N-dealkylation sites (tertiary alicyclic amines) is 1. The van der Waals surface area contributed by atoms with Gasteiger partial charge in [0.15, 0.2) is 0 Å². The minimum Gasteiger partial charge on any atom is -0.493 e. The third-order valence-corrected chi connectivity index (χ3v) is 10.5. The molecule has 3 aliphatic heterocycles. The fraction of sp³-hybridized carbons (Fsp3) is 0.514. The molecular weight excluding hydrogens is 588 g/mol. The summed E-state index contributed by atoms with van der Waals surface area (Å²) < 4.78 is 8.39. The van der Waals surface area contributed by atoms with Crippen molar-refractivity contribution in [3.8, 4) is 17.0 Å². The van der Waals surface area contributed by atoms with Gasteiger partial charge in [0.2, 0.25) is 5.95 Å². The molecule has 0 saturated carbocycles. The predicted molar refractivity (Wildman–Crippen MR) is 187 cm³/mol. The maximum Gasteiger partial charge on any atom is 0.258 e.